The van der Waals surface area contributed by atoms with Gasteiger partial charge in [0.2, 0.25) is 0 Å². The van der Waals surface area contributed by atoms with E-state index in [-0.39, 0.29) is 19.5 Å². The third-order valence-electron chi connectivity index (χ3n) is 4.14. The molecule has 0 saturated heterocycles. The van der Waals surface area contributed by atoms with Crippen molar-refractivity contribution in [1.29, 1.82) is 0 Å². The van der Waals surface area contributed by atoms with Gasteiger partial charge in [-0.15, -0.1) is 0 Å². The zero-order chi connectivity index (χ0) is 24.2. The van der Waals surface area contributed by atoms with Gasteiger partial charge in [-0.2, -0.15) is 44.2 Å². The van der Waals surface area contributed by atoms with Crippen molar-refractivity contribution in [1.82, 2.24) is 5.32 Å². The van der Waals surface area contributed by atoms with Crippen LogP contribution in [0.5, 0.6) is 0 Å². The zero-order valence-corrected chi connectivity index (χ0v) is 16.0. The minimum Gasteiger partial charge on any atom is -0.316 e. The summed E-state index contributed by atoms with van der Waals surface area (Å²) in [4.78, 5) is 0. The molecule has 1 unspecified atom stereocenters. The summed E-state index contributed by atoms with van der Waals surface area (Å²) >= 11 is 0. The molecule has 0 saturated carbocycles. The van der Waals surface area contributed by atoms with E-state index in [4.69, 9.17) is 0 Å². The molecular formula is C15H23F12N2O+. The van der Waals surface area contributed by atoms with Crippen molar-refractivity contribution in [3.63, 3.8) is 0 Å². The molecule has 3 nitrogen and oxygen atoms in total. The summed E-state index contributed by atoms with van der Waals surface area (Å²) in [5, 5.41) is 11.8. The minimum absolute atomic E-state index is 0.0684. The maximum absolute atomic E-state index is 13.7. The molecule has 15 heteroatoms. The van der Waals surface area contributed by atoms with E-state index < -0.39 is 66.5 Å². The maximum Gasteiger partial charge on any atom is 0.431 e. The van der Waals surface area contributed by atoms with Gasteiger partial charge in [0.25, 0.3) is 5.92 Å². The summed E-state index contributed by atoms with van der Waals surface area (Å²) in [6, 6.07) is 0. The minimum atomic E-state index is -6.79. The summed E-state index contributed by atoms with van der Waals surface area (Å²) in [6.45, 7) is -0.265. The predicted octanol–water partition coefficient (Wildman–Crippen LogP) is 5.25. The number of alkyl halides is 12. The largest absolute Gasteiger partial charge is 0.431 e. The van der Waals surface area contributed by atoms with E-state index in [0.717, 1.165) is 0 Å². The van der Waals surface area contributed by atoms with Crippen LogP contribution in [0.25, 0.3) is 0 Å². The Morgan fingerprint density at radius 1 is 0.800 bits per heavy atom. The number of nitrogens with one attached hydrogen (secondary N) is 1. The lowest BCUT2D eigenvalue weighted by molar-refractivity contribution is -1.07. The molecule has 0 spiro atoms. The van der Waals surface area contributed by atoms with Crippen molar-refractivity contribution >= 4 is 0 Å². The van der Waals surface area contributed by atoms with Crippen LogP contribution in [0.2, 0.25) is 0 Å². The first-order valence-electron chi connectivity index (χ1n) is 8.55. The van der Waals surface area contributed by atoms with Crippen molar-refractivity contribution in [2.24, 2.45) is 5.92 Å². The Morgan fingerprint density at radius 3 is 1.63 bits per heavy atom. The van der Waals surface area contributed by atoms with Crippen LogP contribution in [0.4, 0.5) is 52.7 Å². The Bertz CT molecular complexity index is 508. The standard InChI is InChI=1S/C15H23F12N2O/c1-29(2,30)7-3-5-28-6-4-10(13(19,20)21)8-11(16,17)9-12(18,14(22,23)24)15(25,26)27/h10,28,30H,3-9H2,1-2H3/q+1. The van der Waals surface area contributed by atoms with E-state index in [1.807, 2.05) is 0 Å². The van der Waals surface area contributed by atoms with Crippen LogP contribution in [0.3, 0.4) is 0 Å². The molecule has 0 amide bonds. The highest BCUT2D eigenvalue weighted by Gasteiger charge is 2.75. The number of halogens is 12. The van der Waals surface area contributed by atoms with Crippen LogP contribution in [0, 0.1) is 5.92 Å². The Morgan fingerprint density at radius 2 is 1.27 bits per heavy atom. The average molecular weight is 475 g/mol. The fourth-order valence-corrected chi connectivity index (χ4v) is 2.52. The SMILES string of the molecule is C[N+](C)(O)CCCNCCC(CC(F)(F)CC(F)(C(F)(F)F)C(F)(F)F)C(F)(F)F. The molecule has 0 aliphatic rings. The molecule has 30 heavy (non-hydrogen) atoms. The van der Waals surface area contributed by atoms with E-state index in [2.05, 4.69) is 5.32 Å². The van der Waals surface area contributed by atoms with Gasteiger partial charge in [-0.3, -0.25) is 0 Å². The van der Waals surface area contributed by atoms with Gasteiger partial charge in [-0.25, -0.2) is 18.4 Å². The van der Waals surface area contributed by atoms with Crippen molar-refractivity contribution in [2.45, 2.75) is 55.8 Å². The Hall–Kier alpha value is -0.960. The van der Waals surface area contributed by atoms with E-state index in [0.29, 0.717) is 0 Å². The van der Waals surface area contributed by atoms with Gasteiger partial charge in [0, 0.05) is 19.4 Å². The average Bonchev–Trinajstić information content (AvgIpc) is 2.44. The summed E-state index contributed by atoms with van der Waals surface area (Å²) in [5.74, 6) is -8.20. The van der Waals surface area contributed by atoms with Gasteiger partial charge in [0.15, 0.2) is 0 Å². The molecule has 0 radical (unpaired) electrons. The molecule has 0 aromatic heterocycles. The molecular weight excluding hydrogens is 452 g/mol. The van der Waals surface area contributed by atoms with E-state index in [1.165, 1.54) is 14.1 Å². The molecule has 0 aliphatic heterocycles. The summed E-state index contributed by atoms with van der Waals surface area (Å²) < 4.78 is 154. The molecule has 0 rings (SSSR count). The third-order valence-corrected chi connectivity index (χ3v) is 4.14. The number of rotatable bonds is 11. The summed E-state index contributed by atoms with van der Waals surface area (Å²) in [5.41, 5.74) is -6.35. The molecule has 2 N–H and O–H groups in total. The van der Waals surface area contributed by atoms with Crippen LogP contribution < -0.4 is 5.32 Å². The van der Waals surface area contributed by atoms with Crippen LogP contribution >= 0.6 is 0 Å². The predicted molar refractivity (Wildman–Crippen MR) is 80.5 cm³/mol. The molecule has 0 bridgehead atoms. The Balaban J connectivity index is 5.11. The second-order valence-corrected chi connectivity index (χ2v) is 7.51. The molecule has 0 heterocycles. The van der Waals surface area contributed by atoms with Crippen LogP contribution in [0.1, 0.15) is 25.7 Å². The zero-order valence-electron chi connectivity index (χ0n) is 16.0. The van der Waals surface area contributed by atoms with Crippen LogP contribution in [0.15, 0.2) is 0 Å². The van der Waals surface area contributed by atoms with Crippen molar-refractivity contribution in [2.75, 3.05) is 33.7 Å². The van der Waals surface area contributed by atoms with Gasteiger partial charge in [0.1, 0.15) is 6.54 Å². The summed E-state index contributed by atoms with van der Waals surface area (Å²) in [6.07, 6.45) is -25.7. The van der Waals surface area contributed by atoms with Gasteiger partial charge in [-0.05, 0) is 13.0 Å². The second-order valence-electron chi connectivity index (χ2n) is 7.51. The van der Waals surface area contributed by atoms with Gasteiger partial charge in [-0.1, -0.05) is 0 Å². The fourth-order valence-electron chi connectivity index (χ4n) is 2.52. The van der Waals surface area contributed by atoms with Crippen LogP contribution in [-0.2, 0) is 0 Å². The first-order chi connectivity index (χ1) is 13.0. The topological polar surface area (TPSA) is 32.3 Å². The van der Waals surface area contributed by atoms with Gasteiger partial charge < -0.3 is 5.32 Å². The first-order valence-corrected chi connectivity index (χ1v) is 8.55. The quantitative estimate of drug-likeness (QED) is 0.185. The molecule has 0 aromatic rings. The second kappa shape index (κ2) is 9.67. The smallest absolute Gasteiger partial charge is 0.316 e. The highest BCUT2D eigenvalue weighted by molar-refractivity contribution is 4.98. The van der Waals surface area contributed by atoms with Crippen molar-refractivity contribution in [3.05, 3.63) is 0 Å². The molecule has 0 fully saturated rings. The van der Waals surface area contributed by atoms with Crippen LogP contribution in [-0.4, -0.2) is 73.7 Å². The maximum atomic E-state index is 13.7. The third kappa shape index (κ3) is 9.45. The van der Waals surface area contributed by atoms with Crippen molar-refractivity contribution in [3.8, 4) is 0 Å². The normalized spacial score (nSPS) is 16.1. The highest BCUT2D eigenvalue weighted by Crippen LogP contribution is 2.53. The number of hydrogen-bond donors (Lipinski definition) is 2. The monoisotopic (exact) mass is 475 g/mol. The van der Waals surface area contributed by atoms with Gasteiger partial charge in [0.05, 0.1) is 26.4 Å². The Kier molecular flexibility index (Phi) is 9.36. The van der Waals surface area contributed by atoms with E-state index in [1.54, 1.807) is 0 Å². The molecule has 1 atom stereocenters. The Labute approximate surface area is 164 Å². The van der Waals surface area contributed by atoms with Crippen molar-refractivity contribution < 1.29 is 62.5 Å². The van der Waals surface area contributed by atoms with E-state index >= 15 is 0 Å². The summed E-state index contributed by atoms with van der Waals surface area (Å²) in [7, 11) is 2.82. The van der Waals surface area contributed by atoms with E-state index in [9.17, 15) is 57.9 Å². The fraction of sp³-hybridized carbons (Fsp3) is 1.00. The number of quaternary nitrogens is 1. The lowest BCUT2D eigenvalue weighted by Gasteiger charge is -2.34. The molecule has 0 aromatic carbocycles. The highest BCUT2D eigenvalue weighted by atomic mass is 19.4. The van der Waals surface area contributed by atoms with Gasteiger partial charge >= 0.3 is 24.2 Å². The molecule has 0 aliphatic carbocycles. The first kappa shape index (κ1) is 29.0. The number of hydroxylamine groups is 3. The lowest BCUT2D eigenvalue weighted by Crippen LogP contribution is -2.56. The molecule has 182 valence electrons. The number of nitrogens with zero attached hydrogens (tertiary/aromatic N) is 1. The number of hydrogen-bond acceptors (Lipinski definition) is 2. The lowest BCUT2D eigenvalue weighted by atomic mass is 9.88.